The summed E-state index contributed by atoms with van der Waals surface area (Å²) in [6, 6.07) is 4.73. The molecule has 0 saturated carbocycles. The first-order valence-corrected chi connectivity index (χ1v) is 9.34. The summed E-state index contributed by atoms with van der Waals surface area (Å²) in [6.07, 6.45) is 0. The van der Waals surface area contributed by atoms with Gasteiger partial charge in [-0.3, -0.25) is 9.59 Å². The number of carbonyl (C=O) groups excluding carboxylic acids is 2. The van der Waals surface area contributed by atoms with Crippen LogP contribution in [0.15, 0.2) is 24.0 Å². The zero-order valence-corrected chi connectivity index (χ0v) is 17.5. The van der Waals surface area contributed by atoms with Crippen molar-refractivity contribution >= 4 is 40.7 Å². The molecule has 2 heterocycles. The molecule has 2 aliphatic heterocycles. The van der Waals surface area contributed by atoms with Gasteiger partial charge >= 0.3 is 5.97 Å². The van der Waals surface area contributed by atoms with Gasteiger partial charge in [-0.1, -0.05) is 29.3 Å². The molecule has 0 spiro atoms. The number of hydrogen-bond donors (Lipinski definition) is 0. The molecule has 152 valence electrons. The van der Waals surface area contributed by atoms with E-state index in [4.69, 9.17) is 42.3 Å². The van der Waals surface area contributed by atoms with E-state index in [-0.39, 0.29) is 36.4 Å². The zero-order chi connectivity index (χ0) is 20.7. The van der Waals surface area contributed by atoms with E-state index in [1.165, 1.54) is 13.2 Å². The predicted molar refractivity (Wildman–Crippen MR) is 102 cm³/mol. The third-order valence-electron chi connectivity index (χ3n) is 4.72. The third-order valence-corrected chi connectivity index (χ3v) is 5.27. The lowest BCUT2D eigenvalue weighted by Crippen LogP contribution is -2.49. The monoisotopic (exact) mass is 429 g/mol. The molecule has 1 aromatic carbocycles. The molecular formula is C19H21Cl2NO6. The predicted octanol–water partition coefficient (Wildman–Crippen LogP) is 3.44. The largest absolute Gasteiger partial charge is 0.427 e. The lowest BCUT2D eigenvalue weighted by molar-refractivity contribution is -0.240. The first kappa shape index (κ1) is 21.1. The Morgan fingerprint density at radius 2 is 1.93 bits per heavy atom. The third kappa shape index (κ3) is 3.53. The number of benzene rings is 1. The topological polar surface area (TPSA) is 74.3 Å². The Balaban J connectivity index is 2.08. The van der Waals surface area contributed by atoms with Gasteiger partial charge in [-0.25, -0.2) is 9.90 Å². The molecular weight excluding hydrogens is 409 g/mol. The van der Waals surface area contributed by atoms with E-state index in [1.54, 1.807) is 32.9 Å². The van der Waals surface area contributed by atoms with Crippen molar-refractivity contribution in [3.8, 4) is 0 Å². The molecule has 0 unspecified atom stereocenters. The van der Waals surface area contributed by atoms with Crippen LogP contribution < -0.4 is 0 Å². The molecule has 2 aliphatic rings. The molecule has 9 heteroatoms. The van der Waals surface area contributed by atoms with Gasteiger partial charge in [0.05, 0.1) is 23.8 Å². The van der Waals surface area contributed by atoms with Gasteiger partial charge in [0.25, 0.3) is 5.91 Å². The molecule has 1 fully saturated rings. The minimum Gasteiger partial charge on any atom is -0.427 e. The standard InChI is InChI=1S/C19H21Cl2NO6/c1-18(2)15(28-17(24)19(3)8-26-9-19)14(16(23)22(18)27-10-25-4)12-6-5-11(20)7-13(12)21/h5-7H,8-10H2,1-4H3. The Morgan fingerprint density at radius 3 is 2.46 bits per heavy atom. The van der Waals surface area contributed by atoms with E-state index in [2.05, 4.69) is 0 Å². The first-order valence-electron chi connectivity index (χ1n) is 8.58. The highest BCUT2D eigenvalue weighted by Crippen LogP contribution is 2.44. The fourth-order valence-corrected chi connectivity index (χ4v) is 3.53. The summed E-state index contributed by atoms with van der Waals surface area (Å²) in [5, 5.41) is 1.80. The van der Waals surface area contributed by atoms with Crippen LogP contribution in [0.25, 0.3) is 5.57 Å². The molecule has 0 atom stereocenters. The van der Waals surface area contributed by atoms with E-state index in [1.807, 2.05) is 0 Å². The maximum absolute atomic E-state index is 13.2. The normalized spacial score (nSPS) is 20.4. The van der Waals surface area contributed by atoms with E-state index in [0.717, 1.165) is 5.06 Å². The van der Waals surface area contributed by atoms with Crippen LogP contribution in [0.5, 0.6) is 0 Å². The van der Waals surface area contributed by atoms with Gasteiger partial charge in [0, 0.05) is 17.7 Å². The lowest BCUT2D eigenvalue weighted by atomic mass is 9.88. The maximum Gasteiger partial charge on any atom is 0.321 e. The van der Waals surface area contributed by atoms with Crippen LogP contribution >= 0.6 is 23.2 Å². The smallest absolute Gasteiger partial charge is 0.321 e. The Kier molecular flexibility index (Phi) is 5.76. The van der Waals surface area contributed by atoms with Crippen LogP contribution in [0, 0.1) is 5.41 Å². The Bertz CT molecular complexity index is 847. The molecule has 0 radical (unpaired) electrons. The average Bonchev–Trinajstić information content (AvgIpc) is 2.77. The number of ether oxygens (including phenoxy) is 3. The quantitative estimate of drug-likeness (QED) is 0.509. The van der Waals surface area contributed by atoms with Crippen LogP contribution in [-0.2, 0) is 28.6 Å². The van der Waals surface area contributed by atoms with Crippen LogP contribution in [0.3, 0.4) is 0 Å². The van der Waals surface area contributed by atoms with Gasteiger partial charge in [0.1, 0.15) is 16.7 Å². The Labute approximate surface area is 173 Å². The molecule has 0 aliphatic carbocycles. The molecule has 0 aromatic heterocycles. The van der Waals surface area contributed by atoms with Crippen molar-refractivity contribution < 1.29 is 28.6 Å². The van der Waals surface area contributed by atoms with Crippen molar-refractivity contribution in [2.75, 3.05) is 27.1 Å². The SMILES string of the molecule is COCON1C(=O)C(c2ccc(Cl)cc2Cl)=C(OC(=O)C2(C)COC2)C1(C)C. The number of methoxy groups -OCH3 is 1. The van der Waals surface area contributed by atoms with Crippen LogP contribution in [0.2, 0.25) is 10.0 Å². The second kappa shape index (κ2) is 7.65. The highest BCUT2D eigenvalue weighted by molar-refractivity contribution is 6.37. The van der Waals surface area contributed by atoms with Crippen molar-refractivity contribution in [3.63, 3.8) is 0 Å². The van der Waals surface area contributed by atoms with Crippen LogP contribution in [0.1, 0.15) is 26.3 Å². The molecule has 1 saturated heterocycles. The maximum atomic E-state index is 13.2. The molecule has 28 heavy (non-hydrogen) atoms. The molecule has 1 amide bonds. The number of hydrogen-bond acceptors (Lipinski definition) is 6. The highest BCUT2D eigenvalue weighted by atomic mass is 35.5. The summed E-state index contributed by atoms with van der Waals surface area (Å²) in [5.41, 5.74) is -1.31. The number of nitrogens with zero attached hydrogens (tertiary/aromatic N) is 1. The van der Waals surface area contributed by atoms with Crippen molar-refractivity contribution in [1.82, 2.24) is 5.06 Å². The highest BCUT2D eigenvalue weighted by Gasteiger charge is 2.52. The Hall–Kier alpha value is -1.64. The number of halogens is 2. The number of carbonyl (C=O) groups is 2. The van der Waals surface area contributed by atoms with Crippen molar-refractivity contribution in [1.29, 1.82) is 0 Å². The summed E-state index contributed by atoms with van der Waals surface area (Å²) >= 11 is 12.3. The number of hydroxylamine groups is 2. The van der Waals surface area contributed by atoms with E-state index in [9.17, 15) is 9.59 Å². The first-order chi connectivity index (χ1) is 13.1. The minimum absolute atomic E-state index is 0.139. The van der Waals surface area contributed by atoms with Crippen molar-refractivity contribution in [2.24, 2.45) is 5.41 Å². The fourth-order valence-electron chi connectivity index (χ4n) is 3.02. The number of esters is 1. The molecule has 3 rings (SSSR count). The number of rotatable bonds is 6. The van der Waals surface area contributed by atoms with Gasteiger partial charge in [-0.2, -0.15) is 0 Å². The van der Waals surface area contributed by atoms with Crippen molar-refractivity contribution in [3.05, 3.63) is 39.6 Å². The van der Waals surface area contributed by atoms with Gasteiger partial charge in [0.2, 0.25) is 0 Å². The van der Waals surface area contributed by atoms with Gasteiger partial charge < -0.3 is 14.2 Å². The molecule has 1 aromatic rings. The zero-order valence-electron chi connectivity index (χ0n) is 16.0. The molecule has 0 N–H and O–H groups in total. The van der Waals surface area contributed by atoms with Crippen LogP contribution in [0.4, 0.5) is 0 Å². The minimum atomic E-state index is -1.08. The summed E-state index contributed by atoms with van der Waals surface area (Å²) in [5.74, 6) is -0.828. The van der Waals surface area contributed by atoms with Gasteiger partial charge in [0.15, 0.2) is 6.79 Å². The molecule has 0 bridgehead atoms. The second-order valence-electron chi connectivity index (χ2n) is 7.47. The lowest BCUT2D eigenvalue weighted by Gasteiger charge is -2.37. The molecule has 7 nitrogen and oxygen atoms in total. The summed E-state index contributed by atoms with van der Waals surface area (Å²) in [4.78, 5) is 31.4. The van der Waals surface area contributed by atoms with E-state index < -0.39 is 22.8 Å². The number of amides is 1. The fraction of sp³-hybridized carbons (Fsp3) is 0.474. The Morgan fingerprint density at radius 1 is 1.25 bits per heavy atom. The van der Waals surface area contributed by atoms with Gasteiger partial charge in [-0.05, 0) is 32.9 Å². The van der Waals surface area contributed by atoms with Crippen LogP contribution in [-0.4, -0.2) is 49.6 Å². The van der Waals surface area contributed by atoms with E-state index in [0.29, 0.717) is 10.6 Å². The van der Waals surface area contributed by atoms with Gasteiger partial charge in [-0.15, -0.1) is 0 Å². The average molecular weight is 430 g/mol. The summed E-state index contributed by atoms with van der Waals surface area (Å²) in [6.45, 7) is 5.53. The summed E-state index contributed by atoms with van der Waals surface area (Å²) < 4.78 is 15.8. The van der Waals surface area contributed by atoms with Crippen molar-refractivity contribution in [2.45, 2.75) is 26.3 Å². The second-order valence-corrected chi connectivity index (χ2v) is 8.31. The summed E-state index contributed by atoms with van der Waals surface area (Å²) in [7, 11) is 1.44. The van der Waals surface area contributed by atoms with E-state index >= 15 is 0 Å².